The molecule has 0 aliphatic heterocycles. The van der Waals surface area contributed by atoms with Gasteiger partial charge in [0.05, 0.1) is 42.8 Å². The molecule has 0 atom stereocenters. The average molecular weight is 535 g/mol. The van der Waals surface area contributed by atoms with E-state index in [0.29, 0.717) is 5.02 Å². The smallest absolute Gasteiger partial charge is 0.102 e. The maximum Gasteiger partial charge on any atom is 0.102 e. The number of aromatic carboxylic acids is 1. The predicted octanol–water partition coefficient (Wildman–Crippen LogP) is 6.26. The number of rotatable bonds is 20. The van der Waals surface area contributed by atoms with Gasteiger partial charge < -0.3 is 24.6 Å². The van der Waals surface area contributed by atoms with Crippen LogP contribution in [0.15, 0.2) is 18.2 Å². The van der Waals surface area contributed by atoms with Crippen molar-refractivity contribution in [1.82, 2.24) is 0 Å². The highest BCUT2D eigenvalue weighted by Crippen LogP contribution is 2.22. The van der Waals surface area contributed by atoms with Gasteiger partial charge in [0.2, 0.25) is 0 Å². The molecule has 0 amide bonds. The molecule has 0 spiro atoms. The molecule has 0 aliphatic carbocycles. The minimum atomic E-state index is -1.26. The monoisotopic (exact) mass is 533 g/mol. The molecule has 0 aromatic heterocycles. The van der Waals surface area contributed by atoms with E-state index in [0.717, 1.165) is 24.1 Å². The summed E-state index contributed by atoms with van der Waals surface area (Å²) in [6.45, 7) is 5.32. The van der Waals surface area contributed by atoms with Crippen LogP contribution in [-0.2, 0) is 0 Å². The van der Waals surface area contributed by atoms with Crippen LogP contribution >= 0.6 is 23.2 Å². The molecule has 0 unspecified atom stereocenters. The molecule has 0 radical (unpaired) electrons. The molecule has 0 aliphatic rings. The Balaban J connectivity index is 0.000000867. The molecule has 204 valence electrons. The van der Waals surface area contributed by atoms with Gasteiger partial charge in [-0.05, 0) is 30.5 Å². The van der Waals surface area contributed by atoms with Crippen molar-refractivity contribution in [3.63, 3.8) is 0 Å². The third kappa shape index (κ3) is 19.0. The summed E-state index contributed by atoms with van der Waals surface area (Å²) in [5.41, 5.74) is 0.0272. The van der Waals surface area contributed by atoms with E-state index in [1.54, 1.807) is 0 Å². The maximum absolute atomic E-state index is 10.3. The summed E-state index contributed by atoms with van der Waals surface area (Å²) in [4.78, 5) is 10.3. The Labute approximate surface area is 224 Å². The van der Waals surface area contributed by atoms with E-state index in [1.807, 2.05) is 0 Å². The van der Waals surface area contributed by atoms with Crippen LogP contribution < -0.4 is 5.11 Å². The minimum Gasteiger partial charge on any atom is -0.545 e. The second kappa shape index (κ2) is 22.4. The molecule has 0 heterocycles. The van der Waals surface area contributed by atoms with Gasteiger partial charge in [-0.2, -0.15) is 0 Å². The first-order chi connectivity index (χ1) is 16.8. The lowest BCUT2D eigenvalue weighted by Crippen LogP contribution is -2.48. The number of benzene rings is 1. The van der Waals surface area contributed by atoms with Gasteiger partial charge in [-0.1, -0.05) is 113 Å². The SMILES string of the molecule is CCCCCCCCCCCCCCCC[N+](C)(CCO)CCO.O=C([O-])c1ccc(Cl)c(Cl)c1. The number of unbranched alkanes of at least 4 members (excludes halogenated alkanes) is 13. The molecule has 0 fully saturated rings. The van der Waals surface area contributed by atoms with E-state index in [4.69, 9.17) is 33.4 Å². The van der Waals surface area contributed by atoms with Gasteiger partial charge in [0, 0.05) is 0 Å². The number of carboxylic acid groups (broad SMARTS) is 1. The van der Waals surface area contributed by atoms with Crippen molar-refractivity contribution in [2.45, 2.75) is 96.8 Å². The van der Waals surface area contributed by atoms with Crippen LogP contribution in [0.2, 0.25) is 10.0 Å². The number of hydrogen-bond donors (Lipinski definition) is 2. The van der Waals surface area contributed by atoms with Crippen molar-refractivity contribution in [3.05, 3.63) is 33.8 Å². The first-order valence-corrected chi connectivity index (χ1v) is 14.3. The number of quaternary nitrogens is 1. The highest BCUT2D eigenvalue weighted by molar-refractivity contribution is 6.42. The number of nitrogens with zero attached hydrogens (tertiary/aromatic N) is 1. The molecule has 0 saturated carbocycles. The fraction of sp³-hybridized carbons (Fsp3) is 0.750. The van der Waals surface area contributed by atoms with Gasteiger partial charge in [-0.3, -0.25) is 0 Å². The Hall–Kier alpha value is -0.850. The van der Waals surface area contributed by atoms with Crippen LogP contribution in [0.1, 0.15) is 107 Å². The summed E-state index contributed by atoms with van der Waals surface area (Å²) in [5.74, 6) is -1.26. The van der Waals surface area contributed by atoms with Crippen molar-refractivity contribution in [3.8, 4) is 0 Å². The molecule has 1 aromatic carbocycles. The lowest BCUT2D eigenvalue weighted by atomic mass is 10.0. The molecule has 2 N–H and O–H groups in total. The van der Waals surface area contributed by atoms with Crippen molar-refractivity contribution in [1.29, 1.82) is 0 Å². The standard InChI is InChI=1S/C21H46NO2.C7H4Cl2O2/c1-3-4-5-6-7-8-9-10-11-12-13-14-15-16-17-22(2,18-20-23)19-21-24;8-5-2-1-4(7(10)11)3-6(5)9/h23-24H,3-21H2,1-2H3;1-3H,(H,10,11)/q+1;/p-1. The van der Waals surface area contributed by atoms with Crippen molar-refractivity contribution < 1.29 is 24.6 Å². The highest BCUT2D eigenvalue weighted by atomic mass is 35.5. The molecular weight excluding hydrogens is 485 g/mol. The Bertz CT molecular complexity index is 652. The zero-order chi connectivity index (χ0) is 26.4. The van der Waals surface area contributed by atoms with E-state index in [-0.39, 0.29) is 23.8 Å². The van der Waals surface area contributed by atoms with Crippen molar-refractivity contribution in [2.24, 2.45) is 0 Å². The zero-order valence-corrected chi connectivity index (χ0v) is 23.6. The van der Waals surface area contributed by atoms with E-state index in [2.05, 4.69) is 14.0 Å². The molecule has 0 saturated heterocycles. The summed E-state index contributed by atoms with van der Waals surface area (Å²) < 4.78 is 0.811. The molecule has 35 heavy (non-hydrogen) atoms. The number of likely N-dealkylation sites (N-methyl/N-ethyl adjacent to an activating group) is 1. The summed E-state index contributed by atoms with van der Waals surface area (Å²) in [7, 11) is 2.15. The molecule has 1 aromatic rings. The first kappa shape index (κ1) is 34.1. The molecule has 0 bridgehead atoms. The number of aliphatic hydroxyl groups excluding tert-OH is 2. The maximum atomic E-state index is 10.3. The molecular formula is C28H49Cl2NO4. The van der Waals surface area contributed by atoms with Gasteiger partial charge in [0.15, 0.2) is 0 Å². The van der Waals surface area contributed by atoms with Gasteiger partial charge >= 0.3 is 0 Å². The zero-order valence-electron chi connectivity index (χ0n) is 22.1. The molecule has 1 rings (SSSR count). The van der Waals surface area contributed by atoms with Gasteiger partial charge in [-0.15, -0.1) is 0 Å². The number of aliphatic hydroxyl groups is 2. The Morgan fingerprint density at radius 3 is 1.54 bits per heavy atom. The predicted molar refractivity (Wildman–Crippen MR) is 146 cm³/mol. The van der Waals surface area contributed by atoms with E-state index >= 15 is 0 Å². The van der Waals surface area contributed by atoms with Crippen molar-refractivity contribution >= 4 is 29.2 Å². The number of halogens is 2. The number of hydrogen-bond acceptors (Lipinski definition) is 4. The van der Waals surface area contributed by atoms with Crippen LogP contribution in [0.5, 0.6) is 0 Å². The van der Waals surface area contributed by atoms with Crippen molar-refractivity contribution in [2.75, 3.05) is 39.9 Å². The van der Waals surface area contributed by atoms with Gasteiger partial charge in [-0.25, -0.2) is 0 Å². The van der Waals surface area contributed by atoms with E-state index in [9.17, 15) is 9.90 Å². The Morgan fingerprint density at radius 1 is 0.743 bits per heavy atom. The normalized spacial score (nSPS) is 11.3. The second-order valence-electron chi connectivity index (χ2n) is 9.75. The number of carbonyl (C=O) groups excluding carboxylic acids is 1. The van der Waals surface area contributed by atoms with Crippen LogP contribution in [-0.4, -0.2) is 60.6 Å². The fourth-order valence-electron chi connectivity index (χ4n) is 4.13. The summed E-state index contributed by atoms with van der Waals surface area (Å²) in [6.07, 6.45) is 19.4. The first-order valence-electron chi connectivity index (χ1n) is 13.5. The Kier molecular flexibility index (Phi) is 21.8. The number of carbonyl (C=O) groups is 1. The van der Waals surface area contributed by atoms with Gasteiger partial charge in [0.1, 0.15) is 13.1 Å². The Morgan fingerprint density at radius 2 is 1.17 bits per heavy atom. The third-order valence-electron chi connectivity index (χ3n) is 6.49. The topological polar surface area (TPSA) is 80.6 Å². The third-order valence-corrected chi connectivity index (χ3v) is 7.23. The lowest BCUT2D eigenvalue weighted by molar-refractivity contribution is -0.910. The molecule has 7 heteroatoms. The van der Waals surface area contributed by atoms with Crippen LogP contribution in [0.3, 0.4) is 0 Å². The van der Waals surface area contributed by atoms with Crippen LogP contribution in [0, 0.1) is 0 Å². The highest BCUT2D eigenvalue weighted by Gasteiger charge is 2.19. The minimum absolute atomic E-state index is 0.0272. The number of carboxylic acids is 1. The average Bonchev–Trinajstić information content (AvgIpc) is 2.81. The summed E-state index contributed by atoms with van der Waals surface area (Å²) in [5, 5.41) is 29.1. The van der Waals surface area contributed by atoms with Gasteiger partial charge in [0.25, 0.3) is 0 Å². The summed E-state index contributed by atoms with van der Waals surface area (Å²) in [6, 6.07) is 4.00. The molecule has 5 nitrogen and oxygen atoms in total. The summed E-state index contributed by atoms with van der Waals surface area (Å²) >= 11 is 11.1. The van der Waals surface area contributed by atoms with E-state index < -0.39 is 5.97 Å². The van der Waals surface area contributed by atoms with E-state index in [1.165, 1.54) is 108 Å². The fourth-order valence-corrected chi connectivity index (χ4v) is 4.43. The quantitative estimate of drug-likeness (QED) is 0.153. The lowest BCUT2D eigenvalue weighted by Gasteiger charge is -2.33. The van der Waals surface area contributed by atoms with Crippen LogP contribution in [0.4, 0.5) is 0 Å². The van der Waals surface area contributed by atoms with Crippen LogP contribution in [0.25, 0.3) is 0 Å². The largest absolute Gasteiger partial charge is 0.545 e. The second-order valence-corrected chi connectivity index (χ2v) is 10.6.